The largest absolute Gasteiger partial charge is 0.282 e. The van der Waals surface area contributed by atoms with Crippen LogP contribution in [0.3, 0.4) is 0 Å². The average molecular weight is 623 g/mol. The van der Waals surface area contributed by atoms with E-state index in [0.717, 1.165) is 11.1 Å². The lowest BCUT2D eigenvalue weighted by Gasteiger charge is -2.38. The van der Waals surface area contributed by atoms with Gasteiger partial charge in [-0.2, -0.15) is 25.6 Å². The maximum absolute atomic E-state index is 12.8. The van der Waals surface area contributed by atoms with Crippen molar-refractivity contribution in [3.63, 3.8) is 0 Å². The van der Waals surface area contributed by atoms with Gasteiger partial charge in [0.1, 0.15) is 11.4 Å². The highest BCUT2D eigenvalue weighted by Gasteiger charge is 2.61. The van der Waals surface area contributed by atoms with E-state index in [-0.39, 0.29) is 9.79 Å². The van der Waals surface area contributed by atoms with Crippen molar-refractivity contribution in [1.29, 1.82) is 0 Å². The molecule has 2 aromatic carbocycles. The molecule has 0 aromatic heterocycles. The molecule has 0 aliphatic heterocycles. The van der Waals surface area contributed by atoms with Gasteiger partial charge in [0.25, 0.3) is 20.0 Å². The fourth-order valence-electron chi connectivity index (χ4n) is 2.74. The molecule has 182 valence electrons. The summed E-state index contributed by atoms with van der Waals surface area (Å²) in [5.41, 5.74) is 0.232. The Kier molecular flexibility index (Phi) is 7.80. The zero-order valence-electron chi connectivity index (χ0n) is 17.2. The van der Waals surface area contributed by atoms with Crippen LogP contribution in [0.15, 0.2) is 77.2 Å². The Balaban J connectivity index is 2.22. The highest BCUT2D eigenvalue weighted by Crippen LogP contribution is 2.53. The maximum Gasteiger partial charge on any atom is 0.282 e. The van der Waals surface area contributed by atoms with Crippen molar-refractivity contribution in [2.45, 2.75) is 32.3 Å². The molecule has 0 saturated heterocycles. The lowest BCUT2D eigenvalue weighted by molar-refractivity contribution is 0.595. The van der Waals surface area contributed by atoms with Gasteiger partial charge in [0, 0.05) is 0 Å². The summed E-state index contributed by atoms with van der Waals surface area (Å²) in [6, 6.07) is 11.5. The predicted molar refractivity (Wildman–Crippen MR) is 139 cm³/mol. The normalized spacial score (nSPS) is 20.7. The van der Waals surface area contributed by atoms with Gasteiger partial charge < -0.3 is 0 Å². The van der Waals surface area contributed by atoms with Crippen LogP contribution < -0.4 is 0 Å². The molecule has 1 aliphatic rings. The van der Waals surface area contributed by atoms with Gasteiger partial charge in [-0.1, -0.05) is 105 Å². The van der Waals surface area contributed by atoms with Crippen LogP contribution in [0.5, 0.6) is 0 Å². The fourth-order valence-corrected chi connectivity index (χ4v) is 6.80. The molecule has 34 heavy (non-hydrogen) atoms. The molecule has 0 radical (unpaired) electrons. The van der Waals surface area contributed by atoms with Gasteiger partial charge in [0.2, 0.25) is 8.67 Å². The van der Waals surface area contributed by atoms with E-state index in [1.54, 1.807) is 38.1 Å². The molecular formula is C20H14Cl6N2O4S2. The minimum Gasteiger partial charge on any atom is -0.199 e. The van der Waals surface area contributed by atoms with Gasteiger partial charge in [-0.25, -0.2) is 0 Å². The quantitative estimate of drug-likeness (QED) is 0.373. The van der Waals surface area contributed by atoms with Crippen LogP contribution in [0.4, 0.5) is 0 Å². The van der Waals surface area contributed by atoms with Crippen molar-refractivity contribution < 1.29 is 16.8 Å². The van der Waals surface area contributed by atoms with Crippen molar-refractivity contribution in [2.75, 3.05) is 0 Å². The summed E-state index contributed by atoms with van der Waals surface area (Å²) >= 11 is 37.9. The number of hydrogen-bond acceptors (Lipinski definition) is 4. The molecule has 14 heteroatoms. The summed E-state index contributed by atoms with van der Waals surface area (Å²) in [4.78, 5) is -0.377. The van der Waals surface area contributed by atoms with E-state index >= 15 is 0 Å². The first-order valence-electron chi connectivity index (χ1n) is 9.16. The summed E-state index contributed by atoms with van der Waals surface area (Å²) in [7, 11) is -8.78. The first kappa shape index (κ1) is 27.7. The summed E-state index contributed by atoms with van der Waals surface area (Å²) in [5.74, 6) is 0. The van der Waals surface area contributed by atoms with Crippen LogP contribution in [0.1, 0.15) is 11.1 Å². The molecule has 0 spiro atoms. The van der Waals surface area contributed by atoms with Crippen LogP contribution in [-0.2, 0) is 20.0 Å². The minimum absolute atomic E-state index is 0.188. The number of benzene rings is 2. The molecule has 1 aliphatic carbocycles. The smallest absolute Gasteiger partial charge is 0.199 e. The Hall–Kier alpha value is -0.840. The van der Waals surface area contributed by atoms with Gasteiger partial charge >= 0.3 is 0 Å². The number of rotatable bonds is 4. The minimum atomic E-state index is -4.39. The average Bonchev–Trinajstić information content (AvgIpc) is 2.74. The van der Waals surface area contributed by atoms with Crippen LogP contribution in [0.2, 0.25) is 0 Å². The molecule has 0 atom stereocenters. The van der Waals surface area contributed by atoms with Crippen LogP contribution in [-0.4, -0.2) is 36.9 Å². The van der Waals surface area contributed by atoms with Gasteiger partial charge in [-0.05, 0) is 38.1 Å². The lowest BCUT2D eigenvalue weighted by Crippen LogP contribution is -2.53. The second kappa shape index (κ2) is 9.56. The molecule has 3 rings (SSSR count). The summed E-state index contributed by atoms with van der Waals surface area (Å²) in [5, 5.41) is -1.17. The molecule has 0 bridgehead atoms. The number of sulfonamides is 2. The Morgan fingerprint density at radius 1 is 0.588 bits per heavy atom. The van der Waals surface area contributed by atoms with Gasteiger partial charge in [-0.3, -0.25) is 0 Å². The van der Waals surface area contributed by atoms with E-state index in [0.29, 0.717) is 0 Å². The topological polar surface area (TPSA) is 93.0 Å². The van der Waals surface area contributed by atoms with E-state index in [4.69, 9.17) is 69.6 Å². The van der Waals surface area contributed by atoms with Gasteiger partial charge in [0.15, 0.2) is 0 Å². The third-order valence-electron chi connectivity index (χ3n) is 4.66. The second-order valence-electron chi connectivity index (χ2n) is 7.23. The van der Waals surface area contributed by atoms with Crippen LogP contribution in [0.25, 0.3) is 0 Å². The van der Waals surface area contributed by atoms with E-state index in [9.17, 15) is 16.8 Å². The highest BCUT2D eigenvalue weighted by atomic mass is 35.5. The third-order valence-corrected chi connectivity index (χ3v) is 10.3. The summed E-state index contributed by atoms with van der Waals surface area (Å²) in [6.07, 6.45) is 0. The molecule has 0 saturated carbocycles. The Morgan fingerprint density at radius 3 is 1.12 bits per heavy atom. The van der Waals surface area contributed by atoms with E-state index in [2.05, 4.69) is 8.80 Å². The first-order chi connectivity index (χ1) is 15.5. The SMILES string of the molecule is Cc1ccc(S(=O)(=O)/N=C2C(Cl)=C(Cl)/C(=N\S(=O)(=O)c3ccc(C)cc3)C(Cl)(Cl)C\2(Cl)Cl)cc1. The van der Waals surface area contributed by atoms with E-state index < -0.39 is 50.2 Å². The Morgan fingerprint density at radius 2 is 0.853 bits per heavy atom. The molecule has 0 heterocycles. The Bertz CT molecular complexity index is 1330. The number of alkyl halides is 4. The third kappa shape index (κ3) is 5.15. The summed E-state index contributed by atoms with van der Waals surface area (Å²) in [6.45, 7) is 3.54. The van der Waals surface area contributed by atoms with Gasteiger partial charge in [0.05, 0.1) is 19.9 Å². The molecule has 0 amide bonds. The number of hydrogen-bond donors (Lipinski definition) is 0. The van der Waals surface area contributed by atoms with Crippen molar-refractivity contribution in [3.05, 3.63) is 69.7 Å². The number of aryl methyl sites for hydroxylation is 2. The molecule has 6 nitrogen and oxygen atoms in total. The van der Waals surface area contributed by atoms with Crippen LogP contribution in [0, 0.1) is 13.8 Å². The molecule has 0 fully saturated rings. The first-order valence-corrected chi connectivity index (χ1v) is 14.3. The molecule has 0 N–H and O–H groups in total. The number of allylic oxidation sites excluding steroid dienone is 2. The van der Waals surface area contributed by atoms with E-state index in [1.807, 2.05) is 0 Å². The fraction of sp³-hybridized carbons (Fsp3) is 0.200. The zero-order valence-corrected chi connectivity index (χ0v) is 23.4. The van der Waals surface area contributed by atoms with Crippen molar-refractivity contribution in [3.8, 4) is 0 Å². The van der Waals surface area contributed by atoms with Crippen molar-refractivity contribution in [2.24, 2.45) is 8.80 Å². The number of halogens is 6. The van der Waals surface area contributed by atoms with Crippen molar-refractivity contribution in [1.82, 2.24) is 0 Å². The van der Waals surface area contributed by atoms with E-state index in [1.165, 1.54) is 24.3 Å². The summed E-state index contributed by atoms with van der Waals surface area (Å²) < 4.78 is 53.5. The monoisotopic (exact) mass is 620 g/mol. The molecular weight excluding hydrogens is 609 g/mol. The number of nitrogens with zero attached hydrogens (tertiary/aromatic N) is 2. The molecule has 0 unspecified atom stereocenters. The molecule has 2 aromatic rings. The zero-order chi connectivity index (χ0) is 25.7. The lowest BCUT2D eigenvalue weighted by atomic mass is 10.0. The predicted octanol–water partition coefficient (Wildman–Crippen LogP) is 6.31. The Labute approximate surface area is 227 Å². The van der Waals surface area contributed by atoms with Crippen LogP contribution >= 0.6 is 69.6 Å². The van der Waals surface area contributed by atoms with Crippen molar-refractivity contribution >= 4 is 101 Å². The standard InChI is InChI=1S/C20H14Cl6N2O4S2/c1-11-3-7-13(8-4-11)33(29,30)27-17-15(21)16(22)18(20(25,26)19(17,23)24)28-34(31,32)14-9-5-12(2)6-10-14/h3-10H,1-2H3/b27-17+,28-18+. The van der Waals surface area contributed by atoms with Gasteiger partial charge in [-0.15, -0.1) is 0 Å². The second-order valence-corrected chi connectivity index (χ2v) is 13.9. The maximum atomic E-state index is 12.8. The highest BCUT2D eigenvalue weighted by molar-refractivity contribution is 7.90.